The molecule has 2 rings (SSSR count). The molecule has 2 aromatic heterocycles. The van der Waals surface area contributed by atoms with Crippen molar-refractivity contribution in [1.82, 2.24) is 25.6 Å². The van der Waals surface area contributed by atoms with Crippen LogP contribution in [0.2, 0.25) is 0 Å². The van der Waals surface area contributed by atoms with Crippen LogP contribution in [0.25, 0.3) is 11.5 Å². The van der Waals surface area contributed by atoms with Crippen LogP contribution in [-0.2, 0) is 9.84 Å². The number of sulfone groups is 1. The van der Waals surface area contributed by atoms with Crippen molar-refractivity contribution in [2.45, 2.75) is 12.5 Å². The molecule has 0 radical (unpaired) electrons. The Morgan fingerprint density at radius 1 is 1.56 bits per heavy atom. The maximum absolute atomic E-state index is 11.0. The number of hydrogen-bond acceptors (Lipinski definition) is 8. The Balaban J connectivity index is 2.06. The van der Waals surface area contributed by atoms with Crippen LogP contribution in [-0.4, -0.2) is 46.0 Å². The summed E-state index contributed by atoms with van der Waals surface area (Å²) in [6.45, 7) is 0. The van der Waals surface area contributed by atoms with Crippen molar-refractivity contribution >= 4 is 9.84 Å². The molecule has 0 saturated heterocycles. The molecular formula is C8H12N6O3S. The quantitative estimate of drug-likeness (QED) is 0.727. The predicted molar refractivity (Wildman–Crippen MR) is 60.9 cm³/mol. The van der Waals surface area contributed by atoms with Gasteiger partial charge in [0.15, 0.2) is 5.69 Å². The minimum atomic E-state index is -3.06. The molecule has 1 atom stereocenters. The van der Waals surface area contributed by atoms with Crippen LogP contribution in [0.5, 0.6) is 0 Å². The molecule has 0 aliphatic rings. The Hall–Kier alpha value is -1.81. The standard InChI is InChI=1S/C8H12N6O3S/c1-18(15,16)3-2-5(9)8-11-7(13-17-8)6-4-10-14-12-6/h4-5H,2-3,9H2,1H3,(H,10,12,14). The molecule has 10 heteroatoms. The van der Waals surface area contributed by atoms with E-state index in [-0.39, 0.29) is 23.9 Å². The molecule has 0 saturated carbocycles. The fourth-order valence-electron chi connectivity index (χ4n) is 1.26. The summed E-state index contributed by atoms with van der Waals surface area (Å²) < 4.78 is 27.0. The van der Waals surface area contributed by atoms with Crippen LogP contribution in [0.3, 0.4) is 0 Å². The summed E-state index contributed by atoms with van der Waals surface area (Å²) in [5.41, 5.74) is 6.20. The summed E-state index contributed by atoms with van der Waals surface area (Å²) in [5, 5.41) is 13.5. The van der Waals surface area contributed by atoms with Gasteiger partial charge >= 0.3 is 0 Å². The fraction of sp³-hybridized carbons (Fsp3) is 0.500. The Morgan fingerprint density at radius 3 is 2.94 bits per heavy atom. The first-order valence-corrected chi connectivity index (χ1v) is 7.15. The van der Waals surface area contributed by atoms with Gasteiger partial charge in [-0.1, -0.05) is 5.16 Å². The van der Waals surface area contributed by atoms with Crippen molar-refractivity contribution < 1.29 is 12.9 Å². The van der Waals surface area contributed by atoms with Crippen molar-refractivity contribution in [1.29, 1.82) is 0 Å². The third kappa shape index (κ3) is 3.11. The fourth-order valence-corrected chi connectivity index (χ4v) is 1.95. The smallest absolute Gasteiger partial charge is 0.243 e. The zero-order valence-electron chi connectivity index (χ0n) is 9.57. The van der Waals surface area contributed by atoms with Gasteiger partial charge in [0.25, 0.3) is 0 Å². The van der Waals surface area contributed by atoms with E-state index < -0.39 is 15.9 Å². The van der Waals surface area contributed by atoms with Gasteiger partial charge in [-0.3, -0.25) is 0 Å². The molecular weight excluding hydrogens is 260 g/mol. The highest BCUT2D eigenvalue weighted by Crippen LogP contribution is 2.16. The Kier molecular flexibility index (Phi) is 3.39. The van der Waals surface area contributed by atoms with Crippen molar-refractivity contribution in [3.05, 3.63) is 12.1 Å². The molecule has 98 valence electrons. The first-order valence-electron chi connectivity index (χ1n) is 5.09. The number of nitrogens with two attached hydrogens (primary N) is 1. The van der Waals surface area contributed by atoms with Gasteiger partial charge < -0.3 is 10.3 Å². The summed E-state index contributed by atoms with van der Waals surface area (Å²) in [7, 11) is -3.06. The number of aromatic amines is 1. The van der Waals surface area contributed by atoms with Crippen molar-refractivity contribution in [2.75, 3.05) is 12.0 Å². The van der Waals surface area contributed by atoms with Gasteiger partial charge in [-0.05, 0) is 6.42 Å². The SMILES string of the molecule is CS(=O)(=O)CCC(N)c1nc(-c2cn[nH]n2)no1. The summed E-state index contributed by atoms with van der Waals surface area (Å²) >= 11 is 0. The lowest BCUT2D eigenvalue weighted by Crippen LogP contribution is -2.16. The van der Waals surface area contributed by atoms with E-state index in [1.54, 1.807) is 0 Å². The number of nitrogens with zero attached hydrogens (tertiary/aromatic N) is 4. The minimum absolute atomic E-state index is 0.0319. The molecule has 18 heavy (non-hydrogen) atoms. The second kappa shape index (κ2) is 4.82. The molecule has 0 aromatic carbocycles. The van der Waals surface area contributed by atoms with Crippen LogP contribution in [0, 0.1) is 0 Å². The molecule has 1 unspecified atom stereocenters. The largest absolute Gasteiger partial charge is 0.337 e. The second-order valence-corrected chi connectivity index (χ2v) is 6.10. The third-order valence-electron chi connectivity index (χ3n) is 2.20. The first-order chi connectivity index (χ1) is 8.46. The van der Waals surface area contributed by atoms with E-state index in [9.17, 15) is 8.42 Å². The highest BCUT2D eigenvalue weighted by molar-refractivity contribution is 7.90. The van der Waals surface area contributed by atoms with Crippen LogP contribution < -0.4 is 5.73 Å². The topological polar surface area (TPSA) is 141 Å². The van der Waals surface area contributed by atoms with E-state index in [2.05, 4.69) is 25.6 Å². The maximum atomic E-state index is 11.0. The molecule has 0 amide bonds. The van der Waals surface area contributed by atoms with Gasteiger partial charge in [-0.25, -0.2) is 8.42 Å². The molecule has 0 spiro atoms. The molecule has 3 N–H and O–H groups in total. The Labute approximate surface area is 103 Å². The van der Waals surface area contributed by atoms with Crippen molar-refractivity contribution in [3.63, 3.8) is 0 Å². The highest BCUT2D eigenvalue weighted by Gasteiger charge is 2.18. The Morgan fingerprint density at radius 2 is 2.33 bits per heavy atom. The lowest BCUT2D eigenvalue weighted by atomic mass is 10.2. The number of nitrogens with one attached hydrogen (secondary N) is 1. The van der Waals surface area contributed by atoms with E-state index in [0.29, 0.717) is 5.69 Å². The van der Waals surface area contributed by atoms with Gasteiger partial charge in [-0.15, -0.1) is 0 Å². The van der Waals surface area contributed by atoms with Gasteiger partial charge in [-0.2, -0.15) is 20.4 Å². The molecule has 0 bridgehead atoms. The number of aromatic nitrogens is 5. The average molecular weight is 272 g/mol. The Bertz CT molecular complexity index is 605. The predicted octanol–water partition coefficient (Wildman–Crippen LogP) is -0.711. The maximum Gasteiger partial charge on any atom is 0.243 e. The summed E-state index contributed by atoms with van der Waals surface area (Å²) in [6.07, 6.45) is 2.81. The van der Waals surface area contributed by atoms with Crippen LogP contribution in [0.4, 0.5) is 0 Å². The average Bonchev–Trinajstić information content (AvgIpc) is 2.94. The number of hydrogen-bond donors (Lipinski definition) is 2. The van der Waals surface area contributed by atoms with E-state index in [1.807, 2.05) is 0 Å². The van der Waals surface area contributed by atoms with Gasteiger partial charge in [0.05, 0.1) is 18.0 Å². The first kappa shape index (κ1) is 12.6. The number of H-pyrrole nitrogens is 1. The second-order valence-electron chi connectivity index (χ2n) is 3.84. The van der Waals surface area contributed by atoms with Gasteiger partial charge in [0, 0.05) is 6.26 Å². The summed E-state index contributed by atoms with van der Waals surface area (Å²) in [4.78, 5) is 4.03. The third-order valence-corrected chi connectivity index (χ3v) is 3.18. The van der Waals surface area contributed by atoms with E-state index in [0.717, 1.165) is 6.26 Å². The van der Waals surface area contributed by atoms with Crippen LogP contribution in [0.1, 0.15) is 18.4 Å². The lowest BCUT2D eigenvalue weighted by Gasteiger charge is -2.04. The lowest BCUT2D eigenvalue weighted by molar-refractivity contribution is 0.352. The van der Waals surface area contributed by atoms with Crippen LogP contribution in [0.15, 0.2) is 10.7 Å². The molecule has 0 aliphatic heterocycles. The van der Waals surface area contributed by atoms with Crippen LogP contribution >= 0.6 is 0 Å². The van der Waals surface area contributed by atoms with Crippen molar-refractivity contribution in [3.8, 4) is 11.5 Å². The van der Waals surface area contributed by atoms with Crippen molar-refractivity contribution in [2.24, 2.45) is 5.73 Å². The highest BCUT2D eigenvalue weighted by atomic mass is 32.2. The van der Waals surface area contributed by atoms with E-state index >= 15 is 0 Å². The monoisotopic (exact) mass is 272 g/mol. The summed E-state index contributed by atoms with van der Waals surface area (Å²) in [6, 6.07) is -0.618. The summed E-state index contributed by atoms with van der Waals surface area (Å²) in [5.74, 6) is 0.403. The zero-order valence-corrected chi connectivity index (χ0v) is 10.4. The van der Waals surface area contributed by atoms with E-state index in [1.165, 1.54) is 6.20 Å². The van der Waals surface area contributed by atoms with E-state index in [4.69, 9.17) is 10.3 Å². The van der Waals surface area contributed by atoms with Gasteiger partial charge in [0.2, 0.25) is 11.7 Å². The zero-order chi connectivity index (χ0) is 13.2. The number of rotatable bonds is 5. The molecule has 9 nitrogen and oxygen atoms in total. The molecule has 0 aliphatic carbocycles. The molecule has 2 heterocycles. The minimum Gasteiger partial charge on any atom is -0.337 e. The molecule has 0 fully saturated rings. The van der Waals surface area contributed by atoms with Gasteiger partial charge in [0.1, 0.15) is 9.84 Å². The molecule has 2 aromatic rings. The normalized spacial score (nSPS) is 13.7.